The molecule has 4 aliphatic rings. The van der Waals surface area contributed by atoms with Crippen molar-refractivity contribution >= 4 is 40.7 Å². The van der Waals surface area contributed by atoms with Gasteiger partial charge < -0.3 is 9.80 Å². The van der Waals surface area contributed by atoms with Crippen LogP contribution < -0.4 is 14.7 Å². The van der Waals surface area contributed by atoms with E-state index in [0.29, 0.717) is 56.9 Å². The van der Waals surface area contributed by atoms with Crippen LogP contribution in [0.4, 0.5) is 43.4 Å². The Hall–Kier alpha value is -5.66. The summed E-state index contributed by atoms with van der Waals surface area (Å²) in [4.78, 5) is 61.4. The number of halogens is 6. The molecule has 8 rings (SSSR count). The summed E-state index contributed by atoms with van der Waals surface area (Å²) >= 11 is 0. The highest BCUT2D eigenvalue weighted by molar-refractivity contribution is 6.34. The van der Waals surface area contributed by atoms with Crippen molar-refractivity contribution < 1.29 is 45.5 Å². The molecule has 0 fully saturated rings. The first-order valence-electron chi connectivity index (χ1n) is 21.0. The van der Waals surface area contributed by atoms with Gasteiger partial charge in [0.25, 0.3) is 23.6 Å². The summed E-state index contributed by atoms with van der Waals surface area (Å²) in [5.41, 5.74) is -3.07. The molecule has 4 aliphatic heterocycles. The third-order valence-corrected chi connectivity index (χ3v) is 14.5. The van der Waals surface area contributed by atoms with E-state index in [4.69, 9.17) is 0 Å². The standard InChI is InChI=1S/C48H48F6N4O4/c1-9-44(7,10-2)32-17-26(5)38-28(19-32)23-55-25-56(38)24-29-20-33(18-27(6)39(29)55)57-40(59)34-15-13-30(21-36(34)41(57)60)46(47(49,50)51,48(52,53)54)31-14-16-35-37(22-31)43(62)58(42(35)61)45(8,11-3)12-4/h13-22H,9-12,23-25H2,1-8H3. The van der Waals surface area contributed by atoms with Gasteiger partial charge in [0.1, 0.15) is 0 Å². The number of hydrogen-bond acceptors (Lipinski definition) is 6. The fraction of sp³-hybridized carbons (Fsp3) is 0.417. The Morgan fingerprint density at radius 3 is 1.48 bits per heavy atom. The molecule has 0 radical (unpaired) electrons. The van der Waals surface area contributed by atoms with Crippen molar-refractivity contribution in [2.24, 2.45) is 0 Å². The number of anilines is 3. The molecule has 2 bridgehead atoms. The summed E-state index contributed by atoms with van der Waals surface area (Å²) in [7, 11) is 0. The van der Waals surface area contributed by atoms with E-state index in [1.165, 1.54) is 11.1 Å². The first-order chi connectivity index (χ1) is 29.0. The Kier molecular flexibility index (Phi) is 9.84. The lowest BCUT2D eigenvalue weighted by Crippen LogP contribution is -2.55. The van der Waals surface area contributed by atoms with Crippen molar-refractivity contribution in [1.82, 2.24) is 4.90 Å². The van der Waals surface area contributed by atoms with Crippen LogP contribution in [0, 0.1) is 13.8 Å². The normalized spacial score (nSPS) is 16.6. The summed E-state index contributed by atoms with van der Waals surface area (Å²) in [6, 6.07) is 11.6. The maximum atomic E-state index is 15.5. The van der Waals surface area contributed by atoms with E-state index >= 15 is 26.3 Å². The quantitative estimate of drug-likeness (QED) is 0.123. The summed E-state index contributed by atoms with van der Waals surface area (Å²) < 4.78 is 92.9. The van der Waals surface area contributed by atoms with Gasteiger partial charge in [-0.05, 0) is 127 Å². The van der Waals surface area contributed by atoms with E-state index < -0.39 is 69.2 Å². The Morgan fingerprint density at radius 1 is 0.532 bits per heavy atom. The molecule has 0 unspecified atom stereocenters. The smallest absolute Gasteiger partial charge is 0.349 e. The molecule has 0 N–H and O–H groups in total. The number of rotatable bonds is 9. The van der Waals surface area contributed by atoms with Crippen LogP contribution in [-0.4, -0.2) is 53.1 Å². The molecule has 8 nitrogen and oxygen atoms in total. The van der Waals surface area contributed by atoms with Gasteiger partial charge in [0.05, 0.1) is 34.6 Å². The van der Waals surface area contributed by atoms with Gasteiger partial charge in [0.2, 0.25) is 5.41 Å². The van der Waals surface area contributed by atoms with Crippen LogP contribution in [0.1, 0.15) is 148 Å². The second kappa shape index (κ2) is 14.2. The van der Waals surface area contributed by atoms with Crippen LogP contribution >= 0.6 is 0 Å². The number of carbonyl (C=O) groups is 4. The van der Waals surface area contributed by atoms with Crippen LogP contribution in [-0.2, 0) is 23.9 Å². The van der Waals surface area contributed by atoms with E-state index in [2.05, 4.69) is 49.6 Å². The lowest BCUT2D eigenvalue weighted by Gasteiger charge is -2.47. The third kappa shape index (κ3) is 5.87. The largest absolute Gasteiger partial charge is 0.411 e. The predicted octanol–water partition coefficient (Wildman–Crippen LogP) is 11.1. The zero-order valence-electron chi connectivity index (χ0n) is 35.9. The van der Waals surface area contributed by atoms with Crippen LogP contribution in [0.25, 0.3) is 0 Å². The van der Waals surface area contributed by atoms with Crippen LogP contribution in [0.5, 0.6) is 0 Å². The Balaban J connectivity index is 1.18. The molecule has 0 aromatic heterocycles. The molecule has 4 heterocycles. The third-order valence-electron chi connectivity index (χ3n) is 14.5. The minimum Gasteiger partial charge on any atom is -0.349 e. The highest BCUT2D eigenvalue weighted by Gasteiger charge is 2.73. The average Bonchev–Trinajstić information content (AvgIpc) is 3.61. The van der Waals surface area contributed by atoms with Crippen molar-refractivity contribution in [3.8, 4) is 0 Å². The van der Waals surface area contributed by atoms with Gasteiger partial charge in [0.15, 0.2) is 0 Å². The number of carbonyl (C=O) groups excluding carboxylic acids is 4. The lowest BCUT2D eigenvalue weighted by atomic mass is 9.71. The number of nitrogens with zero attached hydrogens (tertiary/aromatic N) is 4. The summed E-state index contributed by atoms with van der Waals surface area (Å²) in [5.74, 6) is -3.78. The molecular weight excluding hydrogens is 811 g/mol. The van der Waals surface area contributed by atoms with E-state index in [1.54, 1.807) is 32.9 Å². The van der Waals surface area contributed by atoms with Gasteiger partial charge in [-0.3, -0.25) is 24.1 Å². The molecule has 0 saturated carbocycles. The Bertz CT molecular complexity index is 2590. The Morgan fingerprint density at radius 2 is 0.984 bits per heavy atom. The number of imide groups is 2. The molecule has 14 heteroatoms. The molecule has 0 atom stereocenters. The number of hydrogen-bond donors (Lipinski definition) is 0. The van der Waals surface area contributed by atoms with Gasteiger partial charge in [-0.25, -0.2) is 4.90 Å². The minimum absolute atomic E-state index is 0.0192. The number of alkyl halides is 6. The summed E-state index contributed by atoms with van der Waals surface area (Å²) in [6.45, 7) is 17.3. The van der Waals surface area contributed by atoms with Crippen molar-refractivity contribution in [3.05, 3.63) is 122 Å². The molecule has 0 saturated heterocycles. The fourth-order valence-electron chi connectivity index (χ4n) is 10.2. The first-order valence-corrected chi connectivity index (χ1v) is 21.0. The Labute approximate surface area is 356 Å². The highest BCUT2D eigenvalue weighted by atomic mass is 19.4. The maximum Gasteiger partial charge on any atom is 0.411 e. The van der Waals surface area contributed by atoms with Crippen molar-refractivity contribution in [3.63, 3.8) is 0 Å². The first kappa shape index (κ1) is 43.0. The molecule has 0 aliphatic carbocycles. The molecule has 0 spiro atoms. The topological polar surface area (TPSA) is 81.2 Å². The zero-order chi connectivity index (χ0) is 45.2. The van der Waals surface area contributed by atoms with Gasteiger partial charge >= 0.3 is 12.4 Å². The van der Waals surface area contributed by atoms with Crippen molar-refractivity contribution in [1.29, 1.82) is 0 Å². The van der Waals surface area contributed by atoms with Gasteiger partial charge in [-0.1, -0.05) is 58.9 Å². The second-order valence-electron chi connectivity index (χ2n) is 17.7. The monoisotopic (exact) mass is 858 g/mol. The number of fused-ring (bicyclic) bond motifs is 8. The van der Waals surface area contributed by atoms with E-state index in [9.17, 15) is 19.2 Å². The SMILES string of the molecule is CCC(C)(CC)c1cc(C)c2c(c1)CN1CN2Cc2cc(N3C(=O)c4ccc(C(c5ccc6c(c5)C(=O)N(C(C)(CC)CC)C6=O)(C(F)(F)F)C(F)(F)F)cc4C3=O)cc(C)c21. The lowest BCUT2D eigenvalue weighted by molar-refractivity contribution is -0.288. The summed E-state index contributed by atoms with van der Waals surface area (Å²) in [6.07, 6.45) is -9.58. The molecule has 4 amide bonds. The van der Waals surface area contributed by atoms with E-state index in [1.807, 2.05) is 6.92 Å². The molecule has 326 valence electrons. The number of benzene rings is 4. The maximum absolute atomic E-state index is 15.5. The summed E-state index contributed by atoms with van der Waals surface area (Å²) in [5, 5.41) is 0. The molecule has 4 aromatic rings. The van der Waals surface area contributed by atoms with E-state index in [0.717, 1.165) is 62.8 Å². The predicted molar refractivity (Wildman–Crippen MR) is 224 cm³/mol. The zero-order valence-corrected chi connectivity index (χ0v) is 35.9. The van der Waals surface area contributed by atoms with Crippen LogP contribution in [0.2, 0.25) is 0 Å². The van der Waals surface area contributed by atoms with Crippen molar-refractivity contribution in [2.75, 3.05) is 21.4 Å². The highest BCUT2D eigenvalue weighted by Crippen LogP contribution is 2.57. The van der Waals surface area contributed by atoms with Gasteiger partial charge in [-0.15, -0.1) is 0 Å². The molecule has 62 heavy (non-hydrogen) atoms. The van der Waals surface area contributed by atoms with Crippen molar-refractivity contribution in [2.45, 2.75) is 123 Å². The van der Waals surface area contributed by atoms with Crippen LogP contribution in [0.3, 0.4) is 0 Å². The van der Waals surface area contributed by atoms with Crippen LogP contribution in [0.15, 0.2) is 60.7 Å². The average molecular weight is 859 g/mol. The van der Waals surface area contributed by atoms with Gasteiger partial charge in [0, 0.05) is 30.0 Å². The molecular formula is C48H48F6N4O4. The van der Waals surface area contributed by atoms with Gasteiger partial charge in [-0.2, -0.15) is 26.3 Å². The second-order valence-corrected chi connectivity index (χ2v) is 17.7. The van der Waals surface area contributed by atoms with E-state index in [-0.39, 0.29) is 22.2 Å². The fourth-order valence-corrected chi connectivity index (χ4v) is 10.2. The number of aryl methyl sites for hydroxylation is 2. The molecule has 4 aromatic carbocycles. The number of amides is 4. The minimum atomic E-state index is -6.08.